The lowest BCUT2D eigenvalue weighted by Gasteiger charge is -2.09. The maximum atomic E-state index is 10.2. The number of phenols is 2. The van der Waals surface area contributed by atoms with E-state index >= 15 is 0 Å². The fourth-order valence-electron chi connectivity index (χ4n) is 2.55. The van der Waals surface area contributed by atoms with Crippen molar-refractivity contribution in [3.8, 4) is 17.6 Å². The summed E-state index contributed by atoms with van der Waals surface area (Å²) in [6.45, 7) is 6.27. The van der Waals surface area contributed by atoms with Gasteiger partial charge in [0.2, 0.25) is 0 Å². The summed E-state index contributed by atoms with van der Waals surface area (Å²) in [6, 6.07) is 5.58. The number of hydrogen-bond donors (Lipinski definition) is 2. The molecule has 0 unspecified atom stereocenters. The van der Waals surface area contributed by atoms with Crippen LogP contribution >= 0.6 is 0 Å². The summed E-state index contributed by atoms with van der Waals surface area (Å²) in [4.78, 5) is 0. The van der Waals surface area contributed by atoms with Crippen LogP contribution in [0.2, 0.25) is 0 Å². The van der Waals surface area contributed by atoms with E-state index in [9.17, 15) is 10.2 Å². The van der Waals surface area contributed by atoms with Gasteiger partial charge >= 0.3 is 0 Å². The molecule has 0 aliphatic heterocycles. The quantitative estimate of drug-likeness (QED) is 0.460. The first-order valence-electron chi connectivity index (χ1n) is 8.63. The minimum absolute atomic E-state index is 0.152. The highest BCUT2D eigenvalue weighted by atomic mass is 16.3. The molecule has 0 saturated carbocycles. The van der Waals surface area contributed by atoms with Crippen LogP contribution in [0.5, 0.6) is 11.5 Å². The molecule has 0 radical (unpaired) electrons. The van der Waals surface area contributed by atoms with E-state index in [4.69, 9.17) is 5.26 Å². The highest BCUT2D eigenvalue weighted by Gasteiger charge is 2.09. The summed E-state index contributed by atoms with van der Waals surface area (Å²) in [5.74, 6) is 0.303. The predicted molar refractivity (Wildman–Crippen MR) is 99.1 cm³/mol. The summed E-state index contributed by atoms with van der Waals surface area (Å²) in [5, 5.41) is 28.9. The van der Waals surface area contributed by atoms with Crippen LogP contribution in [0.25, 0.3) is 0 Å². The van der Waals surface area contributed by atoms with Crippen LogP contribution in [0.1, 0.15) is 64.0 Å². The summed E-state index contributed by atoms with van der Waals surface area (Å²) >= 11 is 0. The molecule has 3 heteroatoms. The normalized spacial score (nSPS) is 11.2. The number of aryl methyl sites for hydroxylation is 1. The van der Waals surface area contributed by atoms with E-state index in [1.807, 2.05) is 0 Å². The highest BCUT2D eigenvalue weighted by Crippen LogP contribution is 2.30. The number of nitrogens with zero attached hydrogens (tertiary/aromatic N) is 1. The summed E-state index contributed by atoms with van der Waals surface area (Å²) < 4.78 is 0. The Morgan fingerprint density at radius 1 is 1.08 bits per heavy atom. The third-order valence-electron chi connectivity index (χ3n) is 4.01. The zero-order chi connectivity index (χ0) is 17.9. The van der Waals surface area contributed by atoms with Crippen molar-refractivity contribution < 1.29 is 10.2 Å². The Bertz CT molecular complexity index is 609. The topological polar surface area (TPSA) is 64.2 Å². The zero-order valence-electron chi connectivity index (χ0n) is 15.1. The molecule has 0 aromatic heterocycles. The second-order valence-corrected chi connectivity index (χ2v) is 6.55. The van der Waals surface area contributed by atoms with E-state index in [-0.39, 0.29) is 11.5 Å². The maximum Gasteiger partial charge on any atom is 0.123 e. The third-order valence-corrected chi connectivity index (χ3v) is 4.01. The first-order chi connectivity index (χ1) is 11.4. The smallest absolute Gasteiger partial charge is 0.123 e. The van der Waals surface area contributed by atoms with Gasteiger partial charge in [-0.15, -0.1) is 0 Å². The Morgan fingerprint density at radius 2 is 1.75 bits per heavy atom. The van der Waals surface area contributed by atoms with Gasteiger partial charge in [-0.25, -0.2) is 0 Å². The van der Waals surface area contributed by atoms with Crippen molar-refractivity contribution in [2.24, 2.45) is 0 Å². The van der Waals surface area contributed by atoms with Gasteiger partial charge in [0.05, 0.1) is 6.07 Å². The van der Waals surface area contributed by atoms with Crippen LogP contribution in [-0.2, 0) is 12.8 Å². The first-order valence-corrected chi connectivity index (χ1v) is 8.63. The lowest BCUT2D eigenvalue weighted by atomic mass is 10.0. The molecule has 0 amide bonds. The molecular weight excluding hydrogens is 298 g/mol. The molecule has 1 rings (SSSR count). The Hall–Kier alpha value is -2.21. The Morgan fingerprint density at radius 3 is 2.33 bits per heavy atom. The fourth-order valence-corrected chi connectivity index (χ4v) is 2.55. The lowest BCUT2D eigenvalue weighted by Crippen LogP contribution is -1.91. The summed E-state index contributed by atoms with van der Waals surface area (Å²) in [6.07, 6.45) is 9.87. The van der Waals surface area contributed by atoms with Crippen molar-refractivity contribution in [1.82, 2.24) is 0 Å². The van der Waals surface area contributed by atoms with Gasteiger partial charge < -0.3 is 10.2 Å². The average molecular weight is 327 g/mol. The maximum absolute atomic E-state index is 10.2. The van der Waals surface area contributed by atoms with Crippen molar-refractivity contribution in [1.29, 1.82) is 5.26 Å². The molecule has 0 atom stereocenters. The molecule has 130 valence electrons. The van der Waals surface area contributed by atoms with Crippen LogP contribution in [0.15, 0.2) is 35.4 Å². The molecule has 0 heterocycles. The van der Waals surface area contributed by atoms with Gasteiger partial charge in [-0.2, -0.15) is 5.26 Å². The van der Waals surface area contributed by atoms with Gasteiger partial charge in [-0.1, -0.05) is 23.3 Å². The van der Waals surface area contributed by atoms with Crippen LogP contribution in [0.4, 0.5) is 0 Å². The number of unbranched alkanes of at least 4 members (excludes halogenated alkanes) is 2. The van der Waals surface area contributed by atoms with Gasteiger partial charge in [-0.05, 0) is 77.0 Å². The van der Waals surface area contributed by atoms with E-state index in [0.717, 1.165) is 37.7 Å². The number of allylic oxidation sites excluding steroid dienone is 4. The standard InChI is InChI=1S/C21H29NO2/c1-16(2)8-7-9-17(3)11-12-19-20(23)14-18(15-21(19)24)10-5-4-6-13-22/h8,11,14-15,23-24H,4-7,9-10,12H2,1-3H3/b17-11+. The third kappa shape index (κ3) is 7.37. The second kappa shape index (κ2) is 10.5. The minimum atomic E-state index is 0.152. The van der Waals surface area contributed by atoms with E-state index in [0.29, 0.717) is 18.4 Å². The molecule has 0 aliphatic rings. The van der Waals surface area contributed by atoms with Crippen LogP contribution in [0, 0.1) is 11.3 Å². The molecule has 3 nitrogen and oxygen atoms in total. The largest absolute Gasteiger partial charge is 0.508 e. The van der Waals surface area contributed by atoms with Gasteiger partial charge in [-0.3, -0.25) is 0 Å². The monoisotopic (exact) mass is 327 g/mol. The zero-order valence-corrected chi connectivity index (χ0v) is 15.1. The van der Waals surface area contributed by atoms with E-state index in [1.54, 1.807) is 12.1 Å². The number of hydrogen-bond acceptors (Lipinski definition) is 3. The highest BCUT2D eigenvalue weighted by molar-refractivity contribution is 5.47. The minimum Gasteiger partial charge on any atom is -0.508 e. The van der Waals surface area contributed by atoms with Gasteiger partial charge in [0.1, 0.15) is 11.5 Å². The van der Waals surface area contributed by atoms with E-state index in [1.165, 1.54) is 11.1 Å². The van der Waals surface area contributed by atoms with Crippen LogP contribution < -0.4 is 0 Å². The number of rotatable bonds is 9. The van der Waals surface area contributed by atoms with Gasteiger partial charge in [0.25, 0.3) is 0 Å². The molecule has 0 fully saturated rings. The van der Waals surface area contributed by atoms with E-state index < -0.39 is 0 Å². The molecule has 0 bridgehead atoms. The fraction of sp³-hybridized carbons (Fsp3) is 0.476. The van der Waals surface area contributed by atoms with Crippen LogP contribution in [0.3, 0.4) is 0 Å². The van der Waals surface area contributed by atoms with Crippen molar-refractivity contribution in [3.05, 3.63) is 46.6 Å². The molecule has 0 spiro atoms. The number of phenolic OH excluding ortho intramolecular Hbond substituents is 2. The molecule has 1 aromatic carbocycles. The molecule has 2 N–H and O–H groups in total. The second-order valence-electron chi connectivity index (χ2n) is 6.55. The molecular formula is C21H29NO2. The van der Waals surface area contributed by atoms with Gasteiger partial charge in [0, 0.05) is 12.0 Å². The van der Waals surface area contributed by atoms with E-state index in [2.05, 4.69) is 39.0 Å². The molecule has 24 heavy (non-hydrogen) atoms. The Labute approximate surface area is 146 Å². The van der Waals surface area contributed by atoms with Crippen molar-refractivity contribution in [2.45, 2.75) is 65.7 Å². The number of benzene rings is 1. The molecule has 1 aromatic rings. The summed E-state index contributed by atoms with van der Waals surface area (Å²) in [5.41, 5.74) is 4.07. The summed E-state index contributed by atoms with van der Waals surface area (Å²) in [7, 11) is 0. The molecule has 0 aliphatic carbocycles. The average Bonchev–Trinajstić information content (AvgIpc) is 2.50. The molecule has 0 saturated heterocycles. The van der Waals surface area contributed by atoms with Crippen LogP contribution in [-0.4, -0.2) is 10.2 Å². The van der Waals surface area contributed by atoms with Gasteiger partial charge in [0.15, 0.2) is 0 Å². The van der Waals surface area contributed by atoms with Crippen molar-refractivity contribution in [3.63, 3.8) is 0 Å². The van der Waals surface area contributed by atoms with Crippen molar-refractivity contribution in [2.75, 3.05) is 0 Å². The predicted octanol–water partition coefficient (Wildman–Crippen LogP) is 5.57. The number of nitriles is 1. The Balaban J connectivity index is 2.65. The number of aromatic hydroxyl groups is 2. The lowest BCUT2D eigenvalue weighted by molar-refractivity contribution is 0.439. The Kier molecular flexibility index (Phi) is 8.71. The van der Waals surface area contributed by atoms with Crippen molar-refractivity contribution >= 4 is 0 Å². The SMILES string of the molecule is CC(C)=CCC/C(C)=C/Cc1c(O)cc(CCCCC#N)cc1O. The first kappa shape index (κ1) is 19.8.